The second kappa shape index (κ2) is 4.44. The first-order valence-electron chi connectivity index (χ1n) is 5.66. The third kappa shape index (κ3) is 3.47. The Labute approximate surface area is 92.7 Å². The first kappa shape index (κ1) is 12.4. The lowest BCUT2D eigenvalue weighted by atomic mass is 9.86. The van der Waals surface area contributed by atoms with Crippen molar-refractivity contribution in [2.24, 2.45) is 5.41 Å². The molecule has 1 nitrogen and oxygen atoms in total. The monoisotopic (exact) mass is 216 g/mol. The molecule has 84 valence electrons. The lowest BCUT2D eigenvalue weighted by molar-refractivity contribution is 0.109. The van der Waals surface area contributed by atoms with Gasteiger partial charge in [-0.3, -0.25) is 0 Å². The van der Waals surface area contributed by atoms with Gasteiger partial charge in [-0.1, -0.05) is 20.8 Å². The fraction of sp³-hybridized carbons (Fsp3) is 1.00. The molecule has 1 rings (SSSR count). The number of aliphatic hydroxyl groups excluding tert-OH is 1. The molecule has 0 radical (unpaired) electrons. The van der Waals surface area contributed by atoms with Crippen LogP contribution < -0.4 is 0 Å². The van der Waals surface area contributed by atoms with E-state index in [2.05, 4.69) is 27.7 Å². The summed E-state index contributed by atoms with van der Waals surface area (Å²) in [5.74, 6) is 1.23. The normalized spacial score (nSPS) is 30.6. The van der Waals surface area contributed by atoms with E-state index in [9.17, 15) is 5.11 Å². The van der Waals surface area contributed by atoms with Gasteiger partial charge in [0.25, 0.3) is 0 Å². The van der Waals surface area contributed by atoms with Crippen molar-refractivity contribution in [1.29, 1.82) is 0 Å². The second-order valence-electron chi connectivity index (χ2n) is 5.88. The summed E-state index contributed by atoms with van der Waals surface area (Å²) in [5, 5.41) is 10.2. The van der Waals surface area contributed by atoms with Crippen molar-refractivity contribution in [3.63, 3.8) is 0 Å². The highest BCUT2D eigenvalue weighted by Crippen LogP contribution is 2.42. The number of aliphatic hydroxyl groups is 1. The maximum atomic E-state index is 10.2. The third-order valence-electron chi connectivity index (χ3n) is 3.12. The number of hydrogen-bond donors (Lipinski definition) is 1. The minimum absolute atomic E-state index is 0.116. The van der Waals surface area contributed by atoms with Gasteiger partial charge in [0.15, 0.2) is 0 Å². The fourth-order valence-electron chi connectivity index (χ4n) is 1.94. The van der Waals surface area contributed by atoms with E-state index < -0.39 is 0 Å². The molecule has 1 fully saturated rings. The van der Waals surface area contributed by atoms with Crippen molar-refractivity contribution >= 4 is 11.8 Å². The van der Waals surface area contributed by atoms with Gasteiger partial charge in [0, 0.05) is 4.75 Å². The van der Waals surface area contributed by atoms with Gasteiger partial charge < -0.3 is 5.11 Å². The molecule has 0 aromatic rings. The van der Waals surface area contributed by atoms with E-state index in [1.165, 1.54) is 18.6 Å². The minimum Gasteiger partial charge on any atom is -0.392 e. The van der Waals surface area contributed by atoms with Crippen LogP contribution in [0.3, 0.4) is 0 Å². The van der Waals surface area contributed by atoms with Crippen LogP contribution in [0.5, 0.6) is 0 Å². The van der Waals surface area contributed by atoms with E-state index >= 15 is 0 Å². The van der Waals surface area contributed by atoms with Crippen molar-refractivity contribution in [2.45, 2.75) is 64.2 Å². The topological polar surface area (TPSA) is 20.2 Å². The quantitative estimate of drug-likeness (QED) is 0.779. The molecule has 14 heavy (non-hydrogen) atoms. The fourth-order valence-corrected chi connectivity index (χ4v) is 3.29. The van der Waals surface area contributed by atoms with Gasteiger partial charge in [-0.05, 0) is 43.8 Å². The van der Waals surface area contributed by atoms with E-state index in [-0.39, 0.29) is 10.9 Å². The summed E-state index contributed by atoms with van der Waals surface area (Å²) in [5.41, 5.74) is 0.348. The van der Waals surface area contributed by atoms with Crippen LogP contribution in [0.4, 0.5) is 0 Å². The molecule has 0 aromatic heterocycles. The van der Waals surface area contributed by atoms with Gasteiger partial charge in [-0.2, -0.15) is 11.8 Å². The molecule has 0 amide bonds. The highest BCUT2D eigenvalue weighted by Gasteiger charge is 2.36. The minimum atomic E-state index is -0.116. The molecule has 2 unspecified atom stereocenters. The zero-order valence-electron chi connectivity index (χ0n) is 9.97. The highest BCUT2D eigenvalue weighted by atomic mass is 32.2. The standard InChI is InChI=1S/C12H24OS/c1-11(2,3)8-6-10(13)12(4)7-5-9-14-12/h10,13H,5-9H2,1-4H3. The lowest BCUT2D eigenvalue weighted by Gasteiger charge is -2.31. The van der Waals surface area contributed by atoms with Crippen LogP contribution in [0.1, 0.15) is 53.4 Å². The maximum absolute atomic E-state index is 10.2. The molecule has 2 heteroatoms. The predicted molar refractivity (Wildman–Crippen MR) is 64.8 cm³/mol. The summed E-state index contributed by atoms with van der Waals surface area (Å²) in [7, 11) is 0. The highest BCUT2D eigenvalue weighted by molar-refractivity contribution is 8.00. The van der Waals surface area contributed by atoms with Crippen molar-refractivity contribution in [2.75, 3.05) is 5.75 Å². The van der Waals surface area contributed by atoms with Crippen LogP contribution in [-0.2, 0) is 0 Å². The van der Waals surface area contributed by atoms with Crippen molar-refractivity contribution in [3.05, 3.63) is 0 Å². The van der Waals surface area contributed by atoms with Crippen LogP contribution >= 0.6 is 11.8 Å². The van der Waals surface area contributed by atoms with Gasteiger partial charge in [-0.25, -0.2) is 0 Å². The van der Waals surface area contributed by atoms with Crippen molar-refractivity contribution in [3.8, 4) is 0 Å². The predicted octanol–water partition coefficient (Wildman–Crippen LogP) is 3.46. The lowest BCUT2D eigenvalue weighted by Crippen LogP contribution is -2.34. The molecule has 1 aliphatic rings. The molecular weight excluding hydrogens is 192 g/mol. The molecule has 0 spiro atoms. The Bertz CT molecular complexity index is 177. The SMILES string of the molecule is CC(C)(C)CCC(O)C1(C)CCCS1. The third-order valence-corrected chi connectivity index (χ3v) is 4.75. The number of thioether (sulfide) groups is 1. The summed E-state index contributed by atoms with van der Waals surface area (Å²) in [6.45, 7) is 8.94. The molecule has 0 aliphatic carbocycles. The molecule has 1 saturated heterocycles. The van der Waals surface area contributed by atoms with Gasteiger partial charge >= 0.3 is 0 Å². The molecule has 2 atom stereocenters. The van der Waals surface area contributed by atoms with Gasteiger partial charge in [0.05, 0.1) is 6.10 Å². The van der Waals surface area contributed by atoms with Crippen LogP contribution in [0.2, 0.25) is 0 Å². The first-order valence-corrected chi connectivity index (χ1v) is 6.64. The van der Waals surface area contributed by atoms with Crippen LogP contribution in [0, 0.1) is 5.41 Å². The largest absolute Gasteiger partial charge is 0.392 e. The average Bonchev–Trinajstić information content (AvgIpc) is 2.48. The summed E-state index contributed by atoms with van der Waals surface area (Å²) >= 11 is 1.95. The zero-order chi connectivity index (χ0) is 10.8. The summed E-state index contributed by atoms with van der Waals surface area (Å²) in [6.07, 6.45) is 4.41. The molecule has 0 bridgehead atoms. The van der Waals surface area contributed by atoms with E-state index in [0.29, 0.717) is 5.41 Å². The van der Waals surface area contributed by atoms with Gasteiger partial charge in [0.1, 0.15) is 0 Å². The smallest absolute Gasteiger partial charge is 0.0684 e. The van der Waals surface area contributed by atoms with Gasteiger partial charge in [0.2, 0.25) is 0 Å². The van der Waals surface area contributed by atoms with E-state index in [1.54, 1.807) is 0 Å². The Kier molecular flexibility index (Phi) is 3.93. The molecule has 0 aromatic carbocycles. The summed E-state index contributed by atoms with van der Waals surface area (Å²) in [6, 6.07) is 0. The van der Waals surface area contributed by atoms with Crippen LogP contribution in [-0.4, -0.2) is 21.7 Å². The first-order chi connectivity index (χ1) is 6.33. The van der Waals surface area contributed by atoms with E-state index in [4.69, 9.17) is 0 Å². The summed E-state index contributed by atoms with van der Waals surface area (Å²) < 4.78 is 0.144. The van der Waals surface area contributed by atoms with Crippen LogP contribution in [0.25, 0.3) is 0 Å². The van der Waals surface area contributed by atoms with Gasteiger partial charge in [-0.15, -0.1) is 0 Å². The Morgan fingerprint density at radius 1 is 1.43 bits per heavy atom. The van der Waals surface area contributed by atoms with Crippen molar-refractivity contribution < 1.29 is 5.11 Å². The van der Waals surface area contributed by atoms with Crippen molar-refractivity contribution in [1.82, 2.24) is 0 Å². The molecule has 1 heterocycles. The Hall–Kier alpha value is 0.310. The Balaban J connectivity index is 2.37. The average molecular weight is 216 g/mol. The van der Waals surface area contributed by atoms with E-state index in [0.717, 1.165) is 12.8 Å². The molecule has 1 aliphatic heterocycles. The molecule has 1 N–H and O–H groups in total. The number of rotatable bonds is 3. The van der Waals surface area contributed by atoms with E-state index in [1.807, 2.05) is 11.8 Å². The Morgan fingerprint density at radius 2 is 2.07 bits per heavy atom. The molecular formula is C12H24OS. The maximum Gasteiger partial charge on any atom is 0.0684 e. The second-order valence-corrected chi connectivity index (χ2v) is 7.51. The molecule has 0 saturated carbocycles. The zero-order valence-corrected chi connectivity index (χ0v) is 10.8. The Morgan fingerprint density at radius 3 is 2.50 bits per heavy atom. The summed E-state index contributed by atoms with van der Waals surface area (Å²) in [4.78, 5) is 0. The number of hydrogen-bond acceptors (Lipinski definition) is 2. The van der Waals surface area contributed by atoms with Crippen LogP contribution in [0.15, 0.2) is 0 Å².